The van der Waals surface area contributed by atoms with E-state index in [2.05, 4.69) is 13.5 Å². The molecule has 1 unspecified atom stereocenters. The van der Waals surface area contributed by atoms with Gasteiger partial charge in [-0.15, -0.1) is 6.58 Å². The smallest absolute Gasteiger partial charge is 0.0857 e. The van der Waals surface area contributed by atoms with Crippen molar-refractivity contribution in [2.75, 3.05) is 7.11 Å². The monoisotopic (exact) mass is 200 g/mol. The molecule has 1 fully saturated rings. The highest BCUT2D eigenvalue weighted by Crippen LogP contribution is 2.25. The highest BCUT2D eigenvalue weighted by atomic mass is 16.6. The summed E-state index contributed by atoms with van der Waals surface area (Å²) in [6.45, 7) is 9.79. The maximum atomic E-state index is 5.69. The molecule has 1 heterocycles. The molecule has 1 rings (SSSR count). The van der Waals surface area contributed by atoms with E-state index in [4.69, 9.17) is 9.47 Å². The minimum atomic E-state index is 0.281. The number of ether oxygens (including phenoxy) is 2. The Balaban J connectivity index is 0.000000791. The van der Waals surface area contributed by atoms with Crippen molar-refractivity contribution in [1.29, 1.82) is 0 Å². The molecule has 0 saturated carbocycles. The van der Waals surface area contributed by atoms with Gasteiger partial charge in [0.25, 0.3) is 0 Å². The van der Waals surface area contributed by atoms with Gasteiger partial charge in [0, 0.05) is 13.5 Å². The van der Waals surface area contributed by atoms with Crippen molar-refractivity contribution in [1.82, 2.24) is 0 Å². The molecule has 0 N–H and O–H groups in total. The molecule has 2 nitrogen and oxygen atoms in total. The van der Waals surface area contributed by atoms with Gasteiger partial charge in [0.05, 0.1) is 18.3 Å². The highest BCUT2D eigenvalue weighted by molar-refractivity contribution is 4.83. The fourth-order valence-corrected chi connectivity index (χ4v) is 1.70. The molecule has 0 radical (unpaired) electrons. The zero-order valence-electron chi connectivity index (χ0n) is 9.95. The third-order valence-corrected chi connectivity index (χ3v) is 2.34. The first kappa shape index (κ1) is 13.7. The lowest BCUT2D eigenvalue weighted by molar-refractivity contribution is -0.00463. The average Bonchev–Trinajstić information content (AvgIpc) is 2.59. The zero-order chi connectivity index (χ0) is 11.0. The Labute approximate surface area is 88.3 Å². The van der Waals surface area contributed by atoms with Crippen LogP contribution < -0.4 is 0 Å². The summed E-state index contributed by atoms with van der Waals surface area (Å²) < 4.78 is 11.0. The van der Waals surface area contributed by atoms with Crippen LogP contribution in [0.1, 0.15) is 40.0 Å². The number of hydrogen-bond donors (Lipinski definition) is 0. The van der Waals surface area contributed by atoms with Crippen LogP contribution in [0.3, 0.4) is 0 Å². The first-order valence-corrected chi connectivity index (χ1v) is 5.57. The predicted molar refractivity (Wildman–Crippen MR) is 60.5 cm³/mol. The van der Waals surface area contributed by atoms with E-state index < -0.39 is 0 Å². The standard InChI is InChI=1S/C10H18O2.C2H6/c1-4-5-6-9-10(11-3)7-8(2)12-9;1-2/h4,8-10H,1,5-7H2,2-3H3;1-2H3/t8-,9?,10+;/m0./s1. The van der Waals surface area contributed by atoms with Crippen LogP contribution in [0.25, 0.3) is 0 Å². The molecule has 1 aliphatic rings. The van der Waals surface area contributed by atoms with E-state index in [1.54, 1.807) is 7.11 Å². The van der Waals surface area contributed by atoms with Crippen LogP contribution in [0.2, 0.25) is 0 Å². The molecule has 0 aliphatic carbocycles. The SMILES string of the molecule is C=CCCC1O[C@@H](C)C[C@H]1OC.CC. The van der Waals surface area contributed by atoms with E-state index in [1.165, 1.54) is 0 Å². The molecule has 0 aromatic heterocycles. The second kappa shape index (κ2) is 8.01. The van der Waals surface area contributed by atoms with Crippen LogP contribution in [0.15, 0.2) is 12.7 Å². The van der Waals surface area contributed by atoms with Crippen LogP contribution in [-0.4, -0.2) is 25.4 Å². The zero-order valence-corrected chi connectivity index (χ0v) is 9.95. The Morgan fingerprint density at radius 1 is 1.50 bits per heavy atom. The van der Waals surface area contributed by atoms with E-state index in [0.717, 1.165) is 19.3 Å². The molecule has 84 valence electrons. The highest BCUT2D eigenvalue weighted by Gasteiger charge is 2.31. The quantitative estimate of drug-likeness (QED) is 0.649. The molecule has 0 amide bonds. The van der Waals surface area contributed by atoms with Gasteiger partial charge in [-0.2, -0.15) is 0 Å². The van der Waals surface area contributed by atoms with Gasteiger partial charge in [0.1, 0.15) is 0 Å². The second-order valence-electron chi connectivity index (χ2n) is 3.36. The van der Waals surface area contributed by atoms with Crippen molar-refractivity contribution < 1.29 is 9.47 Å². The fraction of sp³-hybridized carbons (Fsp3) is 0.833. The topological polar surface area (TPSA) is 18.5 Å². The molecule has 2 heteroatoms. The average molecular weight is 200 g/mol. The van der Waals surface area contributed by atoms with E-state index in [1.807, 2.05) is 19.9 Å². The molecule has 3 atom stereocenters. The van der Waals surface area contributed by atoms with Crippen LogP contribution in [0.4, 0.5) is 0 Å². The van der Waals surface area contributed by atoms with Gasteiger partial charge >= 0.3 is 0 Å². The Kier molecular flexibility index (Phi) is 7.81. The Morgan fingerprint density at radius 3 is 2.64 bits per heavy atom. The number of methoxy groups -OCH3 is 1. The van der Waals surface area contributed by atoms with E-state index in [0.29, 0.717) is 12.2 Å². The lowest BCUT2D eigenvalue weighted by atomic mass is 10.1. The number of hydrogen-bond acceptors (Lipinski definition) is 2. The lowest BCUT2D eigenvalue weighted by Gasteiger charge is -2.15. The largest absolute Gasteiger partial charge is 0.379 e. The van der Waals surface area contributed by atoms with Gasteiger partial charge in [0.15, 0.2) is 0 Å². The minimum absolute atomic E-state index is 0.281. The Morgan fingerprint density at radius 2 is 2.14 bits per heavy atom. The Hall–Kier alpha value is -0.340. The van der Waals surface area contributed by atoms with Crippen molar-refractivity contribution in [3.05, 3.63) is 12.7 Å². The molecule has 0 spiro atoms. The summed E-state index contributed by atoms with van der Waals surface area (Å²) >= 11 is 0. The van der Waals surface area contributed by atoms with Gasteiger partial charge in [0.2, 0.25) is 0 Å². The normalized spacial score (nSPS) is 30.7. The maximum Gasteiger partial charge on any atom is 0.0857 e. The number of rotatable bonds is 4. The molecule has 0 bridgehead atoms. The van der Waals surface area contributed by atoms with Crippen LogP contribution >= 0.6 is 0 Å². The van der Waals surface area contributed by atoms with Gasteiger partial charge in [-0.05, 0) is 19.8 Å². The van der Waals surface area contributed by atoms with E-state index in [-0.39, 0.29) is 6.10 Å². The molecule has 0 aromatic carbocycles. The van der Waals surface area contributed by atoms with E-state index >= 15 is 0 Å². The molecule has 14 heavy (non-hydrogen) atoms. The molecule has 1 aliphatic heterocycles. The van der Waals surface area contributed by atoms with Crippen molar-refractivity contribution in [2.24, 2.45) is 0 Å². The van der Waals surface area contributed by atoms with Crippen molar-refractivity contribution in [2.45, 2.75) is 58.3 Å². The summed E-state index contributed by atoms with van der Waals surface area (Å²) in [5, 5.41) is 0. The summed E-state index contributed by atoms with van der Waals surface area (Å²) in [5.41, 5.74) is 0. The summed E-state index contributed by atoms with van der Waals surface area (Å²) in [5.74, 6) is 0. The lowest BCUT2D eigenvalue weighted by Crippen LogP contribution is -2.22. The fourth-order valence-electron chi connectivity index (χ4n) is 1.70. The molecule has 0 aromatic rings. The van der Waals surface area contributed by atoms with Gasteiger partial charge in [-0.25, -0.2) is 0 Å². The van der Waals surface area contributed by atoms with Crippen molar-refractivity contribution in [3.8, 4) is 0 Å². The first-order valence-electron chi connectivity index (χ1n) is 5.57. The van der Waals surface area contributed by atoms with E-state index in [9.17, 15) is 0 Å². The Bertz CT molecular complexity index is 145. The van der Waals surface area contributed by atoms with Crippen molar-refractivity contribution >= 4 is 0 Å². The van der Waals surface area contributed by atoms with Crippen molar-refractivity contribution in [3.63, 3.8) is 0 Å². The molecular weight excluding hydrogens is 176 g/mol. The minimum Gasteiger partial charge on any atom is -0.379 e. The predicted octanol–water partition coefficient (Wildman–Crippen LogP) is 3.17. The van der Waals surface area contributed by atoms with Crippen LogP contribution in [0, 0.1) is 0 Å². The summed E-state index contributed by atoms with van der Waals surface area (Å²) in [6.07, 6.45) is 5.92. The van der Waals surface area contributed by atoms with Crippen LogP contribution in [0.5, 0.6) is 0 Å². The van der Waals surface area contributed by atoms with Crippen LogP contribution in [-0.2, 0) is 9.47 Å². The van der Waals surface area contributed by atoms with Gasteiger partial charge < -0.3 is 9.47 Å². The third kappa shape index (κ3) is 4.25. The van der Waals surface area contributed by atoms with Gasteiger partial charge in [-0.1, -0.05) is 19.9 Å². The molecule has 1 saturated heterocycles. The van der Waals surface area contributed by atoms with Gasteiger partial charge in [-0.3, -0.25) is 0 Å². The second-order valence-corrected chi connectivity index (χ2v) is 3.36. The summed E-state index contributed by atoms with van der Waals surface area (Å²) in [7, 11) is 1.76. The molecular formula is C12H24O2. The third-order valence-electron chi connectivity index (χ3n) is 2.34. The number of allylic oxidation sites excluding steroid dienone is 1. The first-order chi connectivity index (χ1) is 6.77. The summed E-state index contributed by atoms with van der Waals surface area (Å²) in [4.78, 5) is 0. The summed E-state index contributed by atoms with van der Waals surface area (Å²) in [6, 6.07) is 0. The maximum absolute atomic E-state index is 5.69.